The fourth-order valence-electron chi connectivity index (χ4n) is 1.22. The molecule has 0 spiro atoms. The number of rotatable bonds is 2. The zero-order valence-corrected chi connectivity index (χ0v) is 7.53. The smallest absolute Gasteiger partial charge is 0.315 e. The molecule has 0 radical (unpaired) electrons. The molecular formula is C9H13NO2. The maximum absolute atomic E-state index is 10.9. The zero-order chi connectivity index (χ0) is 9.35. The maximum atomic E-state index is 10.9. The second-order valence-corrected chi connectivity index (χ2v) is 3.43. The third-order valence-corrected chi connectivity index (χ3v) is 2.12. The van der Waals surface area contributed by atoms with Crippen LogP contribution in [0.5, 0.6) is 0 Å². The predicted octanol–water partition coefficient (Wildman–Crippen LogP) is 1.39. The number of hydrogen-bond donors (Lipinski definition) is 1. The Morgan fingerprint density at radius 2 is 2.17 bits per heavy atom. The summed E-state index contributed by atoms with van der Waals surface area (Å²) in [6.07, 6.45) is 1.85. The summed E-state index contributed by atoms with van der Waals surface area (Å²) < 4.78 is 1.83. The molecule has 0 amide bonds. The van der Waals surface area contributed by atoms with E-state index in [0.29, 0.717) is 0 Å². The second-order valence-electron chi connectivity index (χ2n) is 3.43. The fourth-order valence-corrected chi connectivity index (χ4v) is 1.22. The Balaban J connectivity index is 3.13. The quantitative estimate of drug-likeness (QED) is 0.723. The van der Waals surface area contributed by atoms with Gasteiger partial charge in [0.2, 0.25) is 0 Å². The minimum atomic E-state index is -0.807. The van der Waals surface area contributed by atoms with Crippen LogP contribution >= 0.6 is 0 Å². The number of carboxylic acids is 1. The maximum Gasteiger partial charge on any atom is 0.315 e. The minimum Gasteiger partial charge on any atom is -0.481 e. The van der Waals surface area contributed by atoms with Crippen molar-refractivity contribution < 1.29 is 9.90 Å². The van der Waals surface area contributed by atoms with Gasteiger partial charge in [0.05, 0.1) is 0 Å². The molecule has 0 aromatic carbocycles. The topological polar surface area (TPSA) is 42.2 Å². The first-order chi connectivity index (χ1) is 5.46. The summed E-state index contributed by atoms with van der Waals surface area (Å²) in [6, 6.07) is 3.67. The van der Waals surface area contributed by atoms with E-state index < -0.39 is 11.4 Å². The predicted molar refractivity (Wildman–Crippen MR) is 46.1 cm³/mol. The highest BCUT2D eigenvalue weighted by Crippen LogP contribution is 2.22. The summed E-state index contributed by atoms with van der Waals surface area (Å²) in [5.74, 6) is -0.802. The molecule has 3 heteroatoms. The molecule has 66 valence electrons. The van der Waals surface area contributed by atoms with Crippen LogP contribution in [0.1, 0.15) is 19.5 Å². The van der Waals surface area contributed by atoms with Gasteiger partial charge in [0, 0.05) is 18.9 Å². The van der Waals surface area contributed by atoms with Crippen LogP contribution in [0.15, 0.2) is 18.3 Å². The number of aliphatic carboxylic acids is 1. The Kier molecular flexibility index (Phi) is 1.96. The highest BCUT2D eigenvalue weighted by molar-refractivity contribution is 5.79. The largest absolute Gasteiger partial charge is 0.481 e. The van der Waals surface area contributed by atoms with Crippen molar-refractivity contribution in [2.75, 3.05) is 0 Å². The van der Waals surface area contributed by atoms with E-state index in [9.17, 15) is 4.79 Å². The standard InChI is InChI=1S/C9H13NO2/c1-9(2,8(11)12)7-5-4-6-10(7)3/h4-6H,1-3H3,(H,11,12). The fraction of sp³-hybridized carbons (Fsp3) is 0.444. The molecule has 1 heterocycles. The van der Waals surface area contributed by atoms with E-state index in [1.165, 1.54) is 0 Å². The molecule has 0 bridgehead atoms. The van der Waals surface area contributed by atoms with Gasteiger partial charge < -0.3 is 9.67 Å². The molecule has 1 N–H and O–H groups in total. The van der Waals surface area contributed by atoms with Crippen molar-refractivity contribution in [1.82, 2.24) is 4.57 Å². The van der Waals surface area contributed by atoms with Crippen molar-refractivity contribution in [3.63, 3.8) is 0 Å². The van der Waals surface area contributed by atoms with E-state index in [-0.39, 0.29) is 0 Å². The van der Waals surface area contributed by atoms with Crippen LogP contribution < -0.4 is 0 Å². The van der Waals surface area contributed by atoms with Gasteiger partial charge >= 0.3 is 5.97 Å². The summed E-state index contributed by atoms with van der Waals surface area (Å²) in [5, 5.41) is 8.92. The van der Waals surface area contributed by atoms with Crippen molar-refractivity contribution >= 4 is 5.97 Å². The van der Waals surface area contributed by atoms with Gasteiger partial charge in [-0.05, 0) is 26.0 Å². The molecule has 1 aromatic heterocycles. The Labute approximate surface area is 71.6 Å². The molecule has 0 aliphatic heterocycles. The third-order valence-electron chi connectivity index (χ3n) is 2.12. The molecule has 0 saturated carbocycles. The van der Waals surface area contributed by atoms with E-state index in [0.717, 1.165) is 5.69 Å². The lowest BCUT2D eigenvalue weighted by atomic mass is 9.89. The highest BCUT2D eigenvalue weighted by Gasteiger charge is 2.31. The number of carboxylic acid groups (broad SMARTS) is 1. The summed E-state index contributed by atoms with van der Waals surface area (Å²) in [7, 11) is 1.85. The average Bonchev–Trinajstić information content (AvgIpc) is 2.35. The molecular weight excluding hydrogens is 154 g/mol. The number of carbonyl (C=O) groups is 1. The first-order valence-corrected chi connectivity index (χ1v) is 3.81. The number of aryl methyl sites for hydroxylation is 1. The number of aromatic nitrogens is 1. The van der Waals surface area contributed by atoms with Crippen LogP contribution in [0.4, 0.5) is 0 Å². The van der Waals surface area contributed by atoms with Gasteiger partial charge in [-0.1, -0.05) is 0 Å². The summed E-state index contributed by atoms with van der Waals surface area (Å²) in [5.41, 5.74) is 0.00752. The molecule has 3 nitrogen and oxygen atoms in total. The van der Waals surface area contributed by atoms with Gasteiger partial charge in [0.25, 0.3) is 0 Å². The van der Waals surface area contributed by atoms with Gasteiger partial charge in [0.1, 0.15) is 5.41 Å². The SMILES string of the molecule is Cn1cccc1C(C)(C)C(=O)O. The Morgan fingerprint density at radius 1 is 1.58 bits per heavy atom. The molecule has 0 aliphatic carbocycles. The van der Waals surface area contributed by atoms with Crippen molar-refractivity contribution in [2.24, 2.45) is 7.05 Å². The zero-order valence-electron chi connectivity index (χ0n) is 7.53. The van der Waals surface area contributed by atoms with Crippen LogP contribution in [0, 0.1) is 0 Å². The van der Waals surface area contributed by atoms with Gasteiger partial charge in [0.15, 0.2) is 0 Å². The summed E-state index contributed by atoms with van der Waals surface area (Å²) in [6.45, 7) is 3.40. The monoisotopic (exact) mass is 167 g/mol. The molecule has 0 aliphatic rings. The van der Waals surface area contributed by atoms with Crippen molar-refractivity contribution in [3.05, 3.63) is 24.0 Å². The van der Waals surface area contributed by atoms with E-state index in [1.807, 2.05) is 29.9 Å². The van der Waals surface area contributed by atoms with Crippen LogP contribution in [0.2, 0.25) is 0 Å². The molecule has 0 fully saturated rings. The average molecular weight is 167 g/mol. The van der Waals surface area contributed by atoms with Crippen LogP contribution in [0.25, 0.3) is 0 Å². The van der Waals surface area contributed by atoms with Gasteiger partial charge in [-0.3, -0.25) is 4.79 Å². The molecule has 12 heavy (non-hydrogen) atoms. The molecule has 1 rings (SSSR count). The lowest BCUT2D eigenvalue weighted by Gasteiger charge is -2.19. The Hall–Kier alpha value is -1.25. The van der Waals surface area contributed by atoms with Gasteiger partial charge in [-0.25, -0.2) is 0 Å². The van der Waals surface area contributed by atoms with Crippen molar-refractivity contribution in [3.8, 4) is 0 Å². The third kappa shape index (κ3) is 1.22. The Bertz CT molecular complexity index is 299. The Morgan fingerprint density at radius 3 is 2.50 bits per heavy atom. The lowest BCUT2D eigenvalue weighted by molar-refractivity contribution is -0.142. The van der Waals surface area contributed by atoms with E-state index in [2.05, 4.69) is 0 Å². The normalized spacial score (nSPS) is 11.6. The summed E-state index contributed by atoms with van der Waals surface area (Å²) in [4.78, 5) is 10.9. The van der Waals surface area contributed by atoms with E-state index in [1.54, 1.807) is 13.8 Å². The molecule has 0 unspecified atom stereocenters. The van der Waals surface area contributed by atoms with E-state index >= 15 is 0 Å². The minimum absolute atomic E-state index is 0.802. The number of nitrogens with zero attached hydrogens (tertiary/aromatic N) is 1. The van der Waals surface area contributed by atoms with Crippen molar-refractivity contribution in [2.45, 2.75) is 19.3 Å². The lowest BCUT2D eigenvalue weighted by Crippen LogP contribution is -2.30. The highest BCUT2D eigenvalue weighted by atomic mass is 16.4. The van der Waals surface area contributed by atoms with Crippen molar-refractivity contribution in [1.29, 1.82) is 0 Å². The van der Waals surface area contributed by atoms with Crippen LogP contribution in [0.3, 0.4) is 0 Å². The van der Waals surface area contributed by atoms with E-state index in [4.69, 9.17) is 5.11 Å². The van der Waals surface area contributed by atoms with Crippen LogP contribution in [-0.2, 0) is 17.3 Å². The van der Waals surface area contributed by atoms with Gasteiger partial charge in [-0.15, -0.1) is 0 Å². The van der Waals surface area contributed by atoms with Gasteiger partial charge in [-0.2, -0.15) is 0 Å². The molecule has 0 atom stereocenters. The van der Waals surface area contributed by atoms with Crippen LogP contribution in [-0.4, -0.2) is 15.6 Å². The first kappa shape index (κ1) is 8.84. The number of hydrogen-bond acceptors (Lipinski definition) is 1. The summed E-state index contributed by atoms with van der Waals surface area (Å²) >= 11 is 0. The first-order valence-electron chi connectivity index (χ1n) is 3.81. The second kappa shape index (κ2) is 2.66. The molecule has 1 aromatic rings. The molecule has 0 saturated heterocycles.